The fraction of sp³-hybridized carbons (Fsp3) is 0.500. The zero-order valence-corrected chi connectivity index (χ0v) is 13.2. The molecule has 24 heavy (non-hydrogen) atoms. The Balaban J connectivity index is 2.84. The number of hydrogen-bond acceptors (Lipinski definition) is 5. The van der Waals surface area contributed by atoms with Gasteiger partial charge >= 0.3 is 6.18 Å². The number of nitrogens with zero attached hydrogens (tertiary/aromatic N) is 2. The van der Waals surface area contributed by atoms with Gasteiger partial charge in [-0.1, -0.05) is 0 Å². The van der Waals surface area contributed by atoms with E-state index in [4.69, 9.17) is 4.74 Å². The fourth-order valence-corrected chi connectivity index (χ4v) is 1.97. The Kier molecular flexibility index (Phi) is 6.96. The second kappa shape index (κ2) is 8.48. The van der Waals surface area contributed by atoms with Gasteiger partial charge in [0.05, 0.1) is 17.0 Å². The number of carbonyl (C=O) groups excluding carboxylic acids is 1. The summed E-state index contributed by atoms with van der Waals surface area (Å²) in [6.45, 7) is 0.620. The van der Waals surface area contributed by atoms with Crippen molar-refractivity contribution in [2.45, 2.75) is 12.6 Å². The SMILES string of the molecule is COCCCNC(=O)CN(C)c1ccc(C(F)(F)F)cc1[N+](=O)[O-]. The number of rotatable bonds is 8. The summed E-state index contributed by atoms with van der Waals surface area (Å²) in [4.78, 5) is 23.1. The largest absolute Gasteiger partial charge is 0.416 e. The quantitative estimate of drug-likeness (QED) is 0.442. The maximum Gasteiger partial charge on any atom is 0.416 e. The van der Waals surface area contributed by atoms with Gasteiger partial charge < -0.3 is 15.0 Å². The summed E-state index contributed by atoms with van der Waals surface area (Å²) in [5, 5.41) is 13.6. The lowest BCUT2D eigenvalue weighted by molar-refractivity contribution is -0.384. The summed E-state index contributed by atoms with van der Waals surface area (Å²) >= 11 is 0. The highest BCUT2D eigenvalue weighted by Gasteiger charge is 2.33. The number of likely N-dealkylation sites (N-methyl/N-ethyl adjacent to an activating group) is 1. The standard InChI is InChI=1S/C14H18F3N3O4/c1-19(9-13(21)18-6-3-7-24-2)11-5-4-10(14(15,16)17)8-12(11)20(22)23/h4-5,8H,3,6-7,9H2,1-2H3,(H,18,21). The van der Waals surface area contributed by atoms with E-state index < -0.39 is 28.3 Å². The van der Waals surface area contributed by atoms with Crippen LogP contribution in [0, 0.1) is 10.1 Å². The van der Waals surface area contributed by atoms with E-state index in [-0.39, 0.29) is 12.2 Å². The maximum atomic E-state index is 12.7. The van der Waals surface area contributed by atoms with Crippen LogP contribution in [0.25, 0.3) is 0 Å². The van der Waals surface area contributed by atoms with Crippen molar-refractivity contribution < 1.29 is 27.6 Å². The molecule has 0 fully saturated rings. The molecule has 0 radical (unpaired) electrons. The Bertz CT molecular complexity index is 593. The number of nitro benzene ring substituents is 1. The lowest BCUT2D eigenvalue weighted by Gasteiger charge is -2.19. The predicted octanol–water partition coefficient (Wildman–Crippen LogP) is 2.20. The Morgan fingerprint density at radius 2 is 2.08 bits per heavy atom. The fourth-order valence-electron chi connectivity index (χ4n) is 1.97. The number of nitrogens with one attached hydrogen (secondary N) is 1. The summed E-state index contributed by atoms with van der Waals surface area (Å²) < 4.78 is 42.8. The molecule has 0 bridgehead atoms. The van der Waals surface area contributed by atoms with Crippen molar-refractivity contribution in [2.24, 2.45) is 0 Å². The molecule has 0 spiro atoms. The number of benzene rings is 1. The van der Waals surface area contributed by atoms with Gasteiger partial charge in [-0.05, 0) is 18.6 Å². The van der Waals surface area contributed by atoms with Gasteiger partial charge in [0.2, 0.25) is 5.91 Å². The van der Waals surface area contributed by atoms with Gasteiger partial charge in [0.25, 0.3) is 5.69 Å². The lowest BCUT2D eigenvalue weighted by Crippen LogP contribution is -2.36. The number of carbonyl (C=O) groups is 1. The van der Waals surface area contributed by atoms with Crippen LogP contribution in [0.3, 0.4) is 0 Å². The number of nitro groups is 1. The molecule has 134 valence electrons. The van der Waals surface area contributed by atoms with Crippen molar-refractivity contribution in [3.05, 3.63) is 33.9 Å². The van der Waals surface area contributed by atoms with Gasteiger partial charge in [-0.25, -0.2) is 0 Å². The zero-order chi connectivity index (χ0) is 18.3. The molecule has 0 saturated carbocycles. The van der Waals surface area contributed by atoms with E-state index in [1.165, 1.54) is 19.1 Å². The van der Waals surface area contributed by atoms with Crippen molar-refractivity contribution in [1.29, 1.82) is 0 Å². The summed E-state index contributed by atoms with van der Waals surface area (Å²) in [7, 11) is 2.92. The third-order valence-electron chi connectivity index (χ3n) is 3.14. The minimum atomic E-state index is -4.68. The number of hydrogen-bond donors (Lipinski definition) is 1. The molecule has 7 nitrogen and oxygen atoms in total. The monoisotopic (exact) mass is 349 g/mol. The van der Waals surface area contributed by atoms with Gasteiger partial charge in [0.1, 0.15) is 5.69 Å². The number of anilines is 1. The van der Waals surface area contributed by atoms with Crippen molar-refractivity contribution >= 4 is 17.3 Å². The van der Waals surface area contributed by atoms with E-state index in [0.717, 1.165) is 12.1 Å². The van der Waals surface area contributed by atoms with E-state index in [1.807, 2.05) is 0 Å². The molecule has 0 atom stereocenters. The molecule has 0 aliphatic heterocycles. The van der Waals surface area contributed by atoms with Gasteiger partial charge in [0, 0.05) is 33.4 Å². The average Bonchev–Trinajstić information content (AvgIpc) is 2.50. The van der Waals surface area contributed by atoms with E-state index in [9.17, 15) is 28.1 Å². The van der Waals surface area contributed by atoms with Crippen LogP contribution in [0.1, 0.15) is 12.0 Å². The van der Waals surface area contributed by atoms with Gasteiger partial charge in [-0.2, -0.15) is 13.2 Å². The summed E-state index contributed by atoms with van der Waals surface area (Å²) in [5.74, 6) is -0.400. The Morgan fingerprint density at radius 1 is 1.42 bits per heavy atom. The lowest BCUT2D eigenvalue weighted by atomic mass is 10.1. The molecule has 1 rings (SSSR count). The van der Waals surface area contributed by atoms with Crippen molar-refractivity contribution in [3.8, 4) is 0 Å². The van der Waals surface area contributed by atoms with Gasteiger partial charge in [-0.15, -0.1) is 0 Å². The first-order chi connectivity index (χ1) is 11.2. The molecule has 0 heterocycles. The Hall–Kier alpha value is -2.36. The molecule has 1 N–H and O–H groups in total. The summed E-state index contributed by atoms with van der Waals surface area (Å²) in [6.07, 6.45) is -4.08. The molecule has 10 heteroatoms. The third-order valence-corrected chi connectivity index (χ3v) is 3.14. The highest BCUT2D eigenvalue weighted by molar-refractivity contribution is 5.82. The van der Waals surface area contributed by atoms with E-state index in [0.29, 0.717) is 25.6 Å². The molecule has 0 unspecified atom stereocenters. The van der Waals surface area contributed by atoms with Crippen LogP contribution in [0.5, 0.6) is 0 Å². The molecule has 1 aromatic rings. The van der Waals surface area contributed by atoms with Crippen LogP contribution in [-0.4, -0.2) is 44.7 Å². The molecular weight excluding hydrogens is 331 g/mol. The van der Waals surface area contributed by atoms with Crippen LogP contribution < -0.4 is 10.2 Å². The van der Waals surface area contributed by atoms with Crippen LogP contribution in [0.2, 0.25) is 0 Å². The van der Waals surface area contributed by atoms with Crippen molar-refractivity contribution in [3.63, 3.8) is 0 Å². The Labute approximate surface area is 136 Å². The molecule has 0 aliphatic rings. The highest BCUT2D eigenvalue weighted by atomic mass is 19.4. The number of methoxy groups -OCH3 is 1. The maximum absolute atomic E-state index is 12.7. The van der Waals surface area contributed by atoms with Gasteiger partial charge in [0.15, 0.2) is 0 Å². The Morgan fingerprint density at radius 3 is 2.62 bits per heavy atom. The normalized spacial score (nSPS) is 11.2. The molecule has 1 amide bonds. The first kappa shape index (κ1) is 19.7. The van der Waals surface area contributed by atoms with E-state index in [2.05, 4.69) is 5.32 Å². The smallest absolute Gasteiger partial charge is 0.385 e. The zero-order valence-electron chi connectivity index (χ0n) is 13.2. The summed E-state index contributed by atoms with van der Waals surface area (Å²) in [6, 6.07) is 2.19. The number of amides is 1. The van der Waals surface area contributed by atoms with E-state index in [1.54, 1.807) is 0 Å². The molecule has 1 aromatic carbocycles. The molecular formula is C14H18F3N3O4. The van der Waals surface area contributed by atoms with Crippen LogP contribution in [0.4, 0.5) is 24.5 Å². The highest BCUT2D eigenvalue weighted by Crippen LogP contribution is 2.36. The van der Waals surface area contributed by atoms with E-state index >= 15 is 0 Å². The second-order valence-corrected chi connectivity index (χ2v) is 5.01. The minimum Gasteiger partial charge on any atom is -0.385 e. The number of ether oxygens (including phenoxy) is 1. The first-order valence-corrected chi connectivity index (χ1v) is 6.99. The van der Waals surface area contributed by atoms with Crippen LogP contribution in [0.15, 0.2) is 18.2 Å². The molecule has 0 aliphatic carbocycles. The first-order valence-electron chi connectivity index (χ1n) is 6.99. The molecule has 0 aromatic heterocycles. The third kappa shape index (κ3) is 5.69. The van der Waals surface area contributed by atoms with Gasteiger partial charge in [-0.3, -0.25) is 14.9 Å². The average molecular weight is 349 g/mol. The van der Waals surface area contributed by atoms with Crippen LogP contribution in [-0.2, 0) is 15.7 Å². The second-order valence-electron chi connectivity index (χ2n) is 5.01. The number of alkyl halides is 3. The van der Waals surface area contributed by atoms with Crippen LogP contribution >= 0.6 is 0 Å². The van der Waals surface area contributed by atoms with Crippen molar-refractivity contribution in [1.82, 2.24) is 5.32 Å². The molecule has 0 saturated heterocycles. The topological polar surface area (TPSA) is 84.7 Å². The van der Waals surface area contributed by atoms with Crippen molar-refractivity contribution in [2.75, 3.05) is 38.8 Å². The minimum absolute atomic E-state index is 0.0694. The summed E-state index contributed by atoms with van der Waals surface area (Å²) in [5.41, 5.74) is -1.89. The predicted molar refractivity (Wildman–Crippen MR) is 80.9 cm³/mol. The number of halogens is 3.